The van der Waals surface area contributed by atoms with Crippen LogP contribution >= 0.6 is 0 Å². The average molecular weight is 227 g/mol. The molecule has 17 heavy (non-hydrogen) atoms. The van der Waals surface area contributed by atoms with Crippen molar-refractivity contribution in [1.29, 1.82) is 0 Å². The summed E-state index contributed by atoms with van der Waals surface area (Å²) in [5, 5.41) is 2.78. The average Bonchev–Trinajstić information content (AvgIpc) is 2.35. The van der Waals surface area contributed by atoms with Gasteiger partial charge in [-0.1, -0.05) is 6.07 Å². The second kappa shape index (κ2) is 4.74. The van der Waals surface area contributed by atoms with Gasteiger partial charge in [0.05, 0.1) is 5.56 Å². The number of nitrogens with zero attached hydrogens (tertiary/aromatic N) is 2. The first-order chi connectivity index (χ1) is 8.16. The Morgan fingerprint density at radius 2 is 2.06 bits per heavy atom. The van der Waals surface area contributed by atoms with Gasteiger partial charge in [-0.2, -0.15) is 0 Å². The van der Waals surface area contributed by atoms with Gasteiger partial charge in [0.15, 0.2) is 0 Å². The van der Waals surface area contributed by atoms with E-state index in [0.29, 0.717) is 11.4 Å². The number of pyridine rings is 2. The lowest BCUT2D eigenvalue weighted by molar-refractivity contribution is 0.102. The van der Waals surface area contributed by atoms with Crippen LogP contribution in [0.1, 0.15) is 21.6 Å². The normalized spacial score (nSPS) is 10.0. The molecule has 2 aromatic rings. The van der Waals surface area contributed by atoms with Crippen molar-refractivity contribution < 1.29 is 4.79 Å². The fourth-order valence-electron chi connectivity index (χ4n) is 1.43. The van der Waals surface area contributed by atoms with Crippen LogP contribution in [0.2, 0.25) is 0 Å². The third-order valence-corrected chi connectivity index (χ3v) is 2.39. The lowest BCUT2D eigenvalue weighted by Crippen LogP contribution is -2.14. The molecule has 2 heterocycles. The van der Waals surface area contributed by atoms with Crippen molar-refractivity contribution in [3.63, 3.8) is 0 Å². The van der Waals surface area contributed by atoms with Crippen molar-refractivity contribution >= 4 is 11.7 Å². The number of amides is 1. The molecule has 86 valence electrons. The number of hydrogen-bond acceptors (Lipinski definition) is 3. The Labute approximate surface area is 99.7 Å². The summed E-state index contributed by atoms with van der Waals surface area (Å²) in [5.74, 6) is 0.401. The maximum Gasteiger partial charge on any atom is 0.258 e. The molecule has 2 rings (SSSR count). The van der Waals surface area contributed by atoms with Crippen LogP contribution in [-0.4, -0.2) is 15.9 Å². The lowest BCUT2D eigenvalue weighted by Gasteiger charge is -2.07. The predicted molar refractivity (Wildman–Crippen MR) is 65.9 cm³/mol. The van der Waals surface area contributed by atoms with E-state index in [9.17, 15) is 4.79 Å². The van der Waals surface area contributed by atoms with Gasteiger partial charge in [0.25, 0.3) is 5.91 Å². The first kappa shape index (κ1) is 11.3. The van der Waals surface area contributed by atoms with E-state index < -0.39 is 0 Å². The maximum atomic E-state index is 11.9. The Kier molecular flexibility index (Phi) is 3.14. The molecule has 0 aliphatic heterocycles. The van der Waals surface area contributed by atoms with Crippen LogP contribution < -0.4 is 5.32 Å². The first-order valence-electron chi connectivity index (χ1n) is 5.32. The van der Waals surface area contributed by atoms with Crippen molar-refractivity contribution in [3.05, 3.63) is 53.5 Å². The van der Waals surface area contributed by atoms with E-state index in [1.165, 1.54) is 6.20 Å². The summed E-state index contributed by atoms with van der Waals surface area (Å²) >= 11 is 0. The van der Waals surface area contributed by atoms with E-state index in [0.717, 1.165) is 11.3 Å². The van der Waals surface area contributed by atoms with Crippen molar-refractivity contribution in [2.45, 2.75) is 13.8 Å². The number of aromatic nitrogens is 2. The molecule has 0 spiro atoms. The highest BCUT2D eigenvalue weighted by Crippen LogP contribution is 2.12. The topological polar surface area (TPSA) is 54.9 Å². The number of rotatable bonds is 2. The zero-order chi connectivity index (χ0) is 12.3. The van der Waals surface area contributed by atoms with Gasteiger partial charge in [-0.25, -0.2) is 4.98 Å². The fraction of sp³-hybridized carbons (Fsp3) is 0.154. The maximum absolute atomic E-state index is 11.9. The van der Waals surface area contributed by atoms with Crippen LogP contribution in [0.15, 0.2) is 36.7 Å². The molecular weight excluding hydrogens is 214 g/mol. The third-order valence-electron chi connectivity index (χ3n) is 2.39. The summed E-state index contributed by atoms with van der Waals surface area (Å²) in [5.41, 5.74) is 2.33. The van der Waals surface area contributed by atoms with Crippen molar-refractivity contribution in [1.82, 2.24) is 9.97 Å². The van der Waals surface area contributed by atoms with Gasteiger partial charge in [0.1, 0.15) is 5.82 Å². The number of carbonyl (C=O) groups is 1. The van der Waals surface area contributed by atoms with E-state index in [2.05, 4.69) is 15.3 Å². The van der Waals surface area contributed by atoms with Crippen LogP contribution in [0, 0.1) is 13.8 Å². The van der Waals surface area contributed by atoms with Gasteiger partial charge < -0.3 is 5.32 Å². The smallest absolute Gasteiger partial charge is 0.258 e. The Bertz CT molecular complexity index is 538. The van der Waals surface area contributed by atoms with E-state index in [1.807, 2.05) is 26.0 Å². The molecule has 0 aromatic carbocycles. The number of nitrogens with one attached hydrogen (secondary N) is 1. The predicted octanol–water partition coefficient (Wildman–Crippen LogP) is 2.35. The minimum absolute atomic E-state index is 0.195. The number of aryl methyl sites for hydroxylation is 2. The highest BCUT2D eigenvalue weighted by molar-refractivity contribution is 6.03. The molecule has 1 N–H and O–H groups in total. The summed E-state index contributed by atoms with van der Waals surface area (Å²) in [6.07, 6.45) is 3.16. The van der Waals surface area contributed by atoms with Gasteiger partial charge in [0, 0.05) is 18.1 Å². The summed E-state index contributed by atoms with van der Waals surface area (Å²) in [4.78, 5) is 20.1. The van der Waals surface area contributed by atoms with Crippen LogP contribution in [-0.2, 0) is 0 Å². The van der Waals surface area contributed by atoms with Crippen LogP contribution in [0.25, 0.3) is 0 Å². The van der Waals surface area contributed by atoms with Gasteiger partial charge >= 0.3 is 0 Å². The summed E-state index contributed by atoms with van der Waals surface area (Å²) < 4.78 is 0. The highest BCUT2D eigenvalue weighted by atomic mass is 16.1. The number of carbonyl (C=O) groups excluding carboxylic acids is 1. The first-order valence-corrected chi connectivity index (χ1v) is 5.32. The molecule has 4 heteroatoms. The molecule has 0 unspecified atom stereocenters. The van der Waals surface area contributed by atoms with Crippen molar-refractivity contribution in [3.8, 4) is 0 Å². The summed E-state index contributed by atoms with van der Waals surface area (Å²) in [7, 11) is 0. The third kappa shape index (κ3) is 2.66. The number of hydrogen-bond donors (Lipinski definition) is 1. The SMILES string of the molecule is Cc1ccc(C)c(NC(=O)c2cccnc2)n1. The molecule has 0 atom stereocenters. The Balaban J connectivity index is 2.22. The monoisotopic (exact) mass is 227 g/mol. The van der Waals surface area contributed by atoms with Crippen LogP contribution in [0.4, 0.5) is 5.82 Å². The molecule has 0 aliphatic carbocycles. The fourth-order valence-corrected chi connectivity index (χ4v) is 1.43. The molecule has 1 amide bonds. The van der Waals surface area contributed by atoms with Gasteiger partial charge in [-0.3, -0.25) is 9.78 Å². The summed E-state index contributed by atoms with van der Waals surface area (Å²) in [6, 6.07) is 7.29. The molecular formula is C13H13N3O. The summed E-state index contributed by atoms with van der Waals surface area (Å²) in [6.45, 7) is 3.80. The van der Waals surface area contributed by atoms with E-state index in [1.54, 1.807) is 18.3 Å². The zero-order valence-electron chi connectivity index (χ0n) is 9.77. The van der Waals surface area contributed by atoms with Crippen molar-refractivity contribution in [2.24, 2.45) is 0 Å². The molecule has 0 saturated carbocycles. The zero-order valence-corrected chi connectivity index (χ0v) is 9.77. The highest BCUT2D eigenvalue weighted by Gasteiger charge is 2.08. The van der Waals surface area contributed by atoms with Gasteiger partial charge in [-0.15, -0.1) is 0 Å². The Morgan fingerprint density at radius 3 is 2.76 bits per heavy atom. The van der Waals surface area contributed by atoms with E-state index in [-0.39, 0.29) is 5.91 Å². The van der Waals surface area contributed by atoms with E-state index >= 15 is 0 Å². The Hall–Kier alpha value is -2.23. The molecule has 0 bridgehead atoms. The Morgan fingerprint density at radius 1 is 1.24 bits per heavy atom. The molecule has 2 aromatic heterocycles. The minimum atomic E-state index is -0.195. The second-order valence-corrected chi connectivity index (χ2v) is 3.81. The standard InChI is InChI=1S/C13H13N3O/c1-9-5-6-10(2)15-12(9)16-13(17)11-4-3-7-14-8-11/h3-8H,1-2H3,(H,15,16,17). The lowest BCUT2D eigenvalue weighted by atomic mass is 10.2. The van der Waals surface area contributed by atoms with Crippen LogP contribution in [0.5, 0.6) is 0 Å². The molecule has 0 radical (unpaired) electrons. The quantitative estimate of drug-likeness (QED) is 0.856. The number of anilines is 1. The molecule has 4 nitrogen and oxygen atoms in total. The largest absolute Gasteiger partial charge is 0.306 e. The van der Waals surface area contributed by atoms with Crippen molar-refractivity contribution in [2.75, 3.05) is 5.32 Å². The molecule has 0 fully saturated rings. The van der Waals surface area contributed by atoms with E-state index in [4.69, 9.17) is 0 Å². The second-order valence-electron chi connectivity index (χ2n) is 3.81. The van der Waals surface area contributed by atoms with Gasteiger partial charge in [0.2, 0.25) is 0 Å². The minimum Gasteiger partial charge on any atom is -0.306 e. The molecule has 0 saturated heterocycles. The van der Waals surface area contributed by atoms with Crippen LogP contribution in [0.3, 0.4) is 0 Å². The molecule has 0 aliphatic rings. The van der Waals surface area contributed by atoms with Gasteiger partial charge in [-0.05, 0) is 37.6 Å².